The molecule has 0 aromatic carbocycles. The van der Waals surface area contributed by atoms with E-state index in [2.05, 4.69) is 0 Å². The summed E-state index contributed by atoms with van der Waals surface area (Å²) in [6.45, 7) is -2.32. The van der Waals surface area contributed by atoms with E-state index < -0.39 is 77.2 Å². The number of sulfonamides is 1. The molecule has 0 fully saturated rings. The fourth-order valence-corrected chi connectivity index (χ4v) is 3.08. The van der Waals surface area contributed by atoms with E-state index >= 15 is 0 Å². The quantitative estimate of drug-likeness (QED) is 0.252. The van der Waals surface area contributed by atoms with Crippen molar-refractivity contribution in [2.45, 2.75) is 54.4 Å². The topological polar surface area (TPSA) is 86.6 Å². The van der Waals surface area contributed by atoms with Gasteiger partial charge in [0.1, 0.15) is 0 Å². The molecular weight excluding hydrogens is 513 g/mol. The van der Waals surface area contributed by atoms with Crippen molar-refractivity contribution in [3.05, 3.63) is 0 Å². The second-order valence-corrected chi connectivity index (χ2v) is 8.25. The van der Waals surface area contributed by atoms with Crippen molar-refractivity contribution in [2.75, 3.05) is 19.8 Å². The Kier molecular flexibility index (Phi) is 9.33. The summed E-state index contributed by atoms with van der Waals surface area (Å²) in [4.78, 5) is 0. The standard InChI is InChI=1S/C13H16F13NO4S/c14-8(15,10(18,19)12(22,23)24)9(16,17)11(20,21)13(25,26)32(30,31)27-4-2-1-3-7(5-28)6-29/h7,27-29H,1-6H2. The molecule has 0 atom stereocenters. The third kappa shape index (κ3) is 5.19. The lowest BCUT2D eigenvalue weighted by Crippen LogP contribution is -2.71. The molecule has 0 aliphatic heterocycles. The summed E-state index contributed by atoms with van der Waals surface area (Å²) >= 11 is 0. The largest absolute Gasteiger partial charge is 0.460 e. The van der Waals surface area contributed by atoms with Gasteiger partial charge in [-0.2, -0.15) is 57.1 Å². The molecule has 0 amide bonds. The maximum absolute atomic E-state index is 13.6. The van der Waals surface area contributed by atoms with E-state index in [9.17, 15) is 65.5 Å². The first-order valence-corrected chi connectivity index (χ1v) is 9.64. The third-order valence-electron chi connectivity index (χ3n) is 4.09. The molecule has 3 N–H and O–H groups in total. The molecule has 0 unspecified atom stereocenters. The number of halogens is 13. The molecule has 0 spiro atoms. The van der Waals surface area contributed by atoms with Gasteiger partial charge in [-0.1, -0.05) is 6.42 Å². The predicted octanol–water partition coefficient (Wildman–Crippen LogP) is 3.37. The van der Waals surface area contributed by atoms with Crippen molar-refractivity contribution in [3.63, 3.8) is 0 Å². The highest BCUT2D eigenvalue weighted by molar-refractivity contribution is 7.90. The van der Waals surface area contributed by atoms with Crippen LogP contribution in [0.1, 0.15) is 19.3 Å². The fraction of sp³-hybridized carbons (Fsp3) is 1.00. The Morgan fingerprint density at radius 2 is 1.06 bits per heavy atom. The minimum absolute atomic E-state index is 0.0574. The molecule has 32 heavy (non-hydrogen) atoms. The predicted molar refractivity (Wildman–Crippen MR) is 79.2 cm³/mol. The van der Waals surface area contributed by atoms with E-state index in [1.54, 1.807) is 0 Å². The van der Waals surface area contributed by atoms with Gasteiger partial charge in [0.15, 0.2) is 0 Å². The van der Waals surface area contributed by atoms with Gasteiger partial charge >= 0.3 is 35.1 Å². The molecule has 5 nitrogen and oxygen atoms in total. The van der Waals surface area contributed by atoms with Crippen molar-refractivity contribution in [1.82, 2.24) is 4.72 Å². The van der Waals surface area contributed by atoms with E-state index in [0.717, 1.165) is 0 Å². The highest BCUT2D eigenvalue weighted by Gasteiger charge is 2.92. The smallest absolute Gasteiger partial charge is 0.396 e. The molecule has 0 saturated heterocycles. The van der Waals surface area contributed by atoms with Crippen LogP contribution in [-0.4, -0.2) is 73.5 Å². The average Bonchev–Trinajstić information content (AvgIpc) is 2.62. The minimum atomic E-state index is -8.20. The molecule has 0 aromatic heterocycles. The van der Waals surface area contributed by atoms with E-state index in [-0.39, 0.29) is 12.8 Å². The number of aliphatic hydroxyl groups is 2. The Labute approximate surface area is 171 Å². The zero-order chi connectivity index (χ0) is 26.0. The van der Waals surface area contributed by atoms with E-state index in [1.807, 2.05) is 0 Å². The Bertz CT molecular complexity index is 720. The normalized spacial score (nSPS) is 15.5. The fourth-order valence-electron chi connectivity index (χ4n) is 2.02. The number of nitrogens with one attached hydrogen (secondary N) is 1. The van der Waals surface area contributed by atoms with E-state index in [4.69, 9.17) is 10.2 Å². The van der Waals surface area contributed by atoms with Crippen molar-refractivity contribution in [3.8, 4) is 0 Å². The zero-order valence-electron chi connectivity index (χ0n) is 15.4. The lowest BCUT2D eigenvalue weighted by molar-refractivity contribution is -0.433. The van der Waals surface area contributed by atoms with Gasteiger partial charge in [-0.25, -0.2) is 13.1 Å². The van der Waals surface area contributed by atoms with Crippen LogP contribution in [0.25, 0.3) is 0 Å². The number of hydrogen-bond acceptors (Lipinski definition) is 4. The molecule has 0 rings (SSSR count). The van der Waals surface area contributed by atoms with Crippen LogP contribution in [0.3, 0.4) is 0 Å². The van der Waals surface area contributed by atoms with Gasteiger partial charge in [0.05, 0.1) is 0 Å². The number of unbranched alkanes of at least 4 members (excludes halogenated alkanes) is 1. The van der Waals surface area contributed by atoms with Crippen LogP contribution in [0, 0.1) is 5.92 Å². The van der Waals surface area contributed by atoms with Gasteiger partial charge in [-0.15, -0.1) is 0 Å². The summed E-state index contributed by atoms with van der Waals surface area (Å²) in [5.41, 5.74) is 0. The monoisotopic (exact) mass is 529 g/mol. The van der Waals surface area contributed by atoms with Gasteiger partial charge in [0.25, 0.3) is 10.0 Å². The lowest BCUT2D eigenvalue weighted by Gasteiger charge is -2.39. The molecule has 0 aliphatic rings. The second kappa shape index (κ2) is 9.65. The molecule has 19 heteroatoms. The Hall–Kier alpha value is -1.08. The molecule has 0 radical (unpaired) electrons. The molecular formula is C13H16F13NO4S. The molecule has 0 aromatic rings. The zero-order valence-corrected chi connectivity index (χ0v) is 16.2. The lowest BCUT2D eigenvalue weighted by atomic mass is 9.98. The van der Waals surface area contributed by atoms with Gasteiger partial charge in [0.2, 0.25) is 0 Å². The Morgan fingerprint density at radius 3 is 1.44 bits per heavy atom. The maximum atomic E-state index is 13.6. The SMILES string of the molecule is O=S(=O)(NCCCCC(CO)CO)C(F)(F)C(F)(F)C(F)(F)C(F)(F)C(F)(F)C(F)(F)F. The number of rotatable bonds is 13. The Morgan fingerprint density at radius 1 is 0.656 bits per heavy atom. The van der Waals surface area contributed by atoms with Crippen LogP contribution in [-0.2, 0) is 10.0 Å². The molecule has 194 valence electrons. The summed E-state index contributed by atoms with van der Waals surface area (Å²) < 4.78 is 192. The second-order valence-electron chi connectivity index (χ2n) is 6.44. The first-order chi connectivity index (χ1) is 14.0. The van der Waals surface area contributed by atoms with Crippen LogP contribution < -0.4 is 4.72 Å². The van der Waals surface area contributed by atoms with Crippen molar-refractivity contribution in [2.24, 2.45) is 5.92 Å². The van der Waals surface area contributed by atoms with Crippen LogP contribution >= 0.6 is 0 Å². The highest BCUT2D eigenvalue weighted by Crippen LogP contribution is 2.60. The summed E-state index contributed by atoms with van der Waals surface area (Å²) in [7, 11) is -7.03. The van der Waals surface area contributed by atoms with E-state index in [0.29, 0.717) is 4.72 Å². The summed E-state index contributed by atoms with van der Waals surface area (Å²) in [6, 6.07) is 0. The van der Waals surface area contributed by atoms with Crippen molar-refractivity contribution >= 4 is 10.0 Å². The molecule has 0 heterocycles. The minimum Gasteiger partial charge on any atom is -0.396 e. The number of aliphatic hydroxyl groups excluding tert-OH is 2. The molecule has 0 bridgehead atoms. The average molecular weight is 529 g/mol. The summed E-state index contributed by atoms with van der Waals surface area (Å²) in [5, 5.41) is 10.2. The Balaban J connectivity index is 5.77. The molecule has 0 aliphatic carbocycles. The first kappa shape index (κ1) is 30.9. The van der Waals surface area contributed by atoms with Crippen LogP contribution in [0.5, 0.6) is 0 Å². The van der Waals surface area contributed by atoms with Gasteiger partial charge in [-0.05, 0) is 12.8 Å². The van der Waals surface area contributed by atoms with Gasteiger partial charge < -0.3 is 10.2 Å². The maximum Gasteiger partial charge on any atom is 0.460 e. The number of alkyl halides is 13. The first-order valence-electron chi connectivity index (χ1n) is 8.16. The van der Waals surface area contributed by atoms with Gasteiger partial charge in [-0.3, -0.25) is 0 Å². The van der Waals surface area contributed by atoms with Crippen LogP contribution in [0.4, 0.5) is 57.1 Å². The van der Waals surface area contributed by atoms with Crippen molar-refractivity contribution < 1.29 is 75.7 Å². The van der Waals surface area contributed by atoms with Gasteiger partial charge in [0, 0.05) is 25.7 Å². The third-order valence-corrected chi connectivity index (χ3v) is 5.61. The highest BCUT2D eigenvalue weighted by atomic mass is 32.2. The summed E-state index contributed by atoms with van der Waals surface area (Å²) in [6.07, 6.45) is -8.32. The van der Waals surface area contributed by atoms with E-state index in [1.165, 1.54) is 0 Å². The molecule has 0 saturated carbocycles. The van der Waals surface area contributed by atoms with Crippen LogP contribution in [0.15, 0.2) is 0 Å². The van der Waals surface area contributed by atoms with Crippen molar-refractivity contribution in [1.29, 1.82) is 0 Å². The van der Waals surface area contributed by atoms with Crippen LogP contribution in [0.2, 0.25) is 0 Å². The number of hydrogen-bond donors (Lipinski definition) is 3. The summed E-state index contributed by atoms with van der Waals surface area (Å²) in [5.74, 6) is -33.0.